The summed E-state index contributed by atoms with van der Waals surface area (Å²) in [6.07, 6.45) is 1.12. The van der Waals surface area contributed by atoms with Crippen molar-refractivity contribution < 1.29 is 4.74 Å². The largest absolute Gasteiger partial charge is 0.380 e. The van der Waals surface area contributed by atoms with Crippen molar-refractivity contribution in [1.29, 1.82) is 0 Å². The van der Waals surface area contributed by atoms with Crippen LogP contribution in [0, 0.1) is 11.8 Å². The second kappa shape index (κ2) is 6.58. The summed E-state index contributed by atoms with van der Waals surface area (Å²) in [6, 6.07) is 0.936. The smallest absolute Gasteiger partial charge is 0.0624 e. The molecule has 3 heteroatoms. The van der Waals surface area contributed by atoms with Gasteiger partial charge in [-0.15, -0.1) is 0 Å². The van der Waals surface area contributed by atoms with Gasteiger partial charge in [0.1, 0.15) is 0 Å². The molecule has 1 rings (SSSR count). The molecule has 0 aromatic carbocycles. The lowest BCUT2D eigenvalue weighted by Gasteiger charge is -2.41. The highest BCUT2D eigenvalue weighted by molar-refractivity contribution is 4.85. The molecule has 0 bridgehead atoms. The van der Waals surface area contributed by atoms with Crippen molar-refractivity contribution in [3.8, 4) is 0 Å². The molecule has 0 spiro atoms. The van der Waals surface area contributed by atoms with E-state index >= 15 is 0 Å². The van der Waals surface area contributed by atoms with Crippen molar-refractivity contribution in [3.05, 3.63) is 0 Å². The van der Waals surface area contributed by atoms with Gasteiger partial charge < -0.3 is 10.5 Å². The van der Waals surface area contributed by atoms with E-state index in [4.69, 9.17) is 10.5 Å². The molecule has 0 aliphatic carbocycles. The number of ether oxygens (including phenoxy) is 1. The van der Waals surface area contributed by atoms with E-state index in [1.807, 2.05) is 0 Å². The van der Waals surface area contributed by atoms with Crippen LogP contribution in [0.3, 0.4) is 0 Å². The minimum Gasteiger partial charge on any atom is -0.380 e. The second-order valence-electron chi connectivity index (χ2n) is 5.40. The predicted octanol–water partition coefficient (Wildman–Crippen LogP) is 1.72. The Bertz CT molecular complexity index is 196. The van der Waals surface area contributed by atoms with Crippen LogP contribution in [0.4, 0.5) is 0 Å². The van der Waals surface area contributed by atoms with E-state index < -0.39 is 0 Å². The van der Waals surface area contributed by atoms with Crippen LogP contribution in [0.1, 0.15) is 34.1 Å². The van der Waals surface area contributed by atoms with Gasteiger partial charge in [0.2, 0.25) is 0 Å². The molecule has 0 radical (unpaired) electrons. The average Bonchev–Trinajstić information content (AvgIpc) is 2.23. The van der Waals surface area contributed by atoms with Crippen LogP contribution >= 0.6 is 0 Å². The molecule has 1 aliphatic heterocycles. The Labute approximate surface area is 100 Å². The molecule has 1 heterocycles. The maximum Gasteiger partial charge on any atom is 0.0624 e. The lowest BCUT2D eigenvalue weighted by Crippen LogP contribution is -2.52. The van der Waals surface area contributed by atoms with Gasteiger partial charge in [0.25, 0.3) is 0 Å². The molecule has 0 aromatic rings. The summed E-state index contributed by atoms with van der Waals surface area (Å²) in [5.41, 5.74) is 6.06. The number of hydrogen-bond acceptors (Lipinski definition) is 3. The van der Waals surface area contributed by atoms with Gasteiger partial charge in [-0.2, -0.15) is 0 Å². The standard InChI is InChI=1S/C13H28N2O/c1-5-16-9-13(10(2)3)15-7-6-12(14)11(4)8-15/h10-13H,5-9,14H2,1-4H3. The highest BCUT2D eigenvalue weighted by Crippen LogP contribution is 2.21. The average molecular weight is 228 g/mol. The van der Waals surface area contributed by atoms with E-state index in [1.165, 1.54) is 0 Å². The number of rotatable bonds is 5. The van der Waals surface area contributed by atoms with Gasteiger partial charge in [-0.05, 0) is 25.2 Å². The Morgan fingerprint density at radius 2 is 2.12 bits per heavy atom. The Hall–Kier alpha value is -0.120. The van der Waals surface area contributed by atoms with Gasteiger partial charge in [-0.25, -0.2) is 0 Å². The van der Waals surface area contributed by atoms with Crippen molar-refractivity contribution in [2.75, 3.05) is 26.3 Å². The fourth-order valence-corrected chi connectivity index (χ4v) is 2.46. The summed E-state index contributed by atoms with van der Waals surface area (Å²) >= 11 is 0. The summed E-state index contributed by atoms with van der Waals surface area (Å²) in [7, 11) is 0. The molecule has 1 fully saturated rings. The van der Waals surface area contributed by atoms with E-state index in [2.05, 4.69) is 32.6 Å². The number of likely N-dealkylation sites (tertiary alicyclic amines) is 1. The van der Waals surface area contributed by atoms with Crippen LogP contribution in [-0.4, -0.2) is 43.3 Å². The summed E-state index contributed by atoms with van der Waals surface area (Å²) in [4.78, 5) is 2.56. The van der Waals surface area contributed by atoms with Crippen molar-refractivity contribution in [1.82, 2.24) is 4.90 Å². The molecule has 0 saturated carbocycles. The highest BCUT2D eigenvalue weighted by Gasteiger charge is 2.29. The first-order valence-corrected chi connectivity index (χ1v) is 6.63. The van der Waals surface area contributed by atoms with Gasteiger partial charge in [0.15, 0.2) is 0 Å². The number of hydrogen-bond donors (Lipinski definition) is 1. The number of piperidine rings is 1. The van der Waals surface area contributed by atoms with Gasteiger partial charge in [-0.1, -0.05) is 20.8 Å². The van der Waals surface area contributed by atoms with Gasteiger partial charge in [0, 0.05) is 31.8 Å². The Kier molecular flexibility index (Phi) is 5.73. The predicted molar refractivity (Wildman–Crippen MR) is 68.4 cm³/mol. The minimum absolute atomic E-state index is 0.385. The van der Waals surface area contributed by atoms with Crippen molar-refractivity contribution in [3.63, 3.8) is 0 Å². The molecule has 3 atom stereocenters. The molecule has 3 nitrogen and oxygen atoms in total. The van der Waals surface area contributed by atoms with E-state index in [0.717, 1.165) is 32.7 Å². The summed E-state index contributed by atoms with van der Waals surface area (Å²) in [6.45, 7) is 12.8. The van der Waals surface area contributed by atoms with Crippen LogP contribution in [0.2, 0.25) is 0 Å². The third-order valence-electron chi connectivity index (χ3n) is 3.73. The third-order valence-corrected chi connectivity index (χ3v) is 3.73. The van der Waals surface area contributed by atoms with E-state index in [1.54, 1.807) is 0 Å². The molecule has 1 aliphatic rings. The van der Waals surface area contributed by atoms with Crippen molar-refractivity contribution >= 4 is 0 Å². The zero-order chi connectivity index (χ0) is 12.1. The lowest BCUT2D eigenvalue weighted by molar-refractivity contribution is 0.0202. The normalized spacial score (nSPS) is 29.6. The monoisotopic (exact) mass is 228 g/mol. The molecule has 16 heavy (non-hydrogen) atoms. The van der Waals surface area contributed by atoms with E-state index in [0.29, 0.717) is 23.9 Å². The maximum absolute atomic E-state index is 6.06. The summed E-state index contributed by atoms with van der Waals surface area (Å²) in [5.74, 6) is 1.25. The molecular weight excluding hydrogens is 200 g/mol. The Morgan fingerprint density at radius 1 is 1.44 bits per heavy atom. The number of nitrogens with two attached hydrogens (primary N) is 1. The second-order valence-corrected chi connectivity index (χ2v) is 5.40. The molecule has 3 unspecified atom stereocenters. The molecule has 96 valence electrons. The minimum atomic E-state index is 0.385. The molecular formula is C13H28N2O. The van der Waals surface area contributed by atoms with Crippen LogP contribution in [0.15, 0.2) is 0 Å². The zero-order valence-corrected chi connectivity index (χ0v) is 11.3. The van der Waals surface area contributed by atoms with Gasteiger partial charge in [-0.3, -0.25) is 4.90 Å². The SMILES string of the molecule is CCOCC(C(C)C)N1CCC(N)C(C)C1. The van der Waals surface area contributed by atoms with Crippen molar-refractivity contribution in [2.24, 2.45) is 17.6 Å². The number of nitrogens with zero attached hydrogens (tertiary/aromatic N) is 1. The third kappa shape index (κ3) is 3.72. The first-order valence-electron chi connectivity index (χ1n) is 6.63. The summed E-state index contributed by atoms with van der Waals surface area (Å²) in [5, 5.41) is 0. The summed E-state index contributed by atoms with van der Waals surface area (Å²) < 4.78 is 5.60. The lowest BCUT2D eigenvalue weighted by atomic mass is 9.91. The quantitative estimate of drug-likeness (QED) is 0.778. The van der Waals surface area contributed by atoms with Crippen LogP contribution < -0.4 is 5.73 Å². The fourth-order valence-electron chi connectivity index (χ4n) is 2.46. The molecule has 0 aromatic heterocycles. The first kappa shape index (κ1) is 13.9. The molecule has 2 N–H and O–H groups in total. The molecule has 1 saturated heterocycles. The fraction of sp³-hybridized carbons (Fsp3) is 1.00. The maximum atomic E-state index is 6.06. The van der Waals surface area contributed by atoms with E-state index in [9.17, 15) is 0 Å². The van der Waals surface area contributed by atoms with Crippen molar-refractivity contribution in [2.45, 2.75) is 46.2 Å². The van der Waals surface area contributed by atoms with Gasteiger partial charge in [0.05, 0.1) is 6.61 Å². The molecule has 0 amide bonds. The van der Waals surface area contributed by atoms with E-state index in [-0.39, 0.29) is 0 Å². The Morgan fingerprint density at radius 3 is 2.62 bits per heavy atom. The topological polar surface area (TPSA) is 38.5 Å². The first-order chi connectivity index (χ1) is 7.56. The van der Waals surface area contributed by atoms with Crippen LogP contribution in [0.5, 0.6) is 0 Å². The van der Waals surface area contributed by atoms with Crippen LogP contribution in [0.25, 0.3) is 0 Å². The zero-order valence-electron chi connectivity index (χ0n) is 11.3. The van der Waals surface area contributed by atoms with Crippen LogP contribution in [-0.2, 0) is 4.74 Å². The Balaban J connectivity index is 2.51. The highest BCUT2D eigenvalue weighted by atomic mass is 16.5. The van der Waals surface area contributed by atoms with Gasteiger partial charge >= 0.3 is 0 Å².